The minimum absolute atomic E-state index is 0.0813. The van der Waals surface area contributed by atoms with Gasteiger partial charge in [0, 0.05) is 19.2 Å². The first-order valence-corrected chi connectivity index (χ1v) is 8.85. The fraction of sp³-hybridized carbons (Fsp3) is 0.692. The molecule has 8 heteroatoms. The number of sulfone groups is 1. The molecule has 118 valence electrons. The van der Waals surface area contributed by atoms with E-state index in [1.165, 1.54) is 0 Å². The molecule has 0 radical (unpaired) electrons. The van der Waals surface area contributed by atoms with Gasteiger partial charge in [-0.3, -0.25) is 4.99 Å². The Morgan fingerprint density at radius 2 is 2.33 bits per heavy atom. The van der Waals surface area contributed by atoms with E-state index in [0.717, 1.165) is 11.5 Å². The summed E-state index contributed by atoms with van der Waals surface area (Å²) in [5.74, 6) is 2.01. The van der Waals surface area contributed by atoms with E-state index < -0.39 is 9.84 Å². The van der Waals surface area contributed by atoms with Gasteiger partial charge in [0.2, 0.25) is 0 Å². The summed E-state index contributed by atoms with van der Waals surface area (Å²) in [4.78, 5) is 4.09. The number of nitrogens with zero attached hydrogens (tertiary/aromatic N) is 2. The van der Waals surface area contributed by atoms with E-state index in [4.69, 9.17) is 4.52 Å². The third-order valence-electron chi connectivity index (χ3n) is 3.40. The van der Waals surface area contributed by atoms with Gasteiger partial charge < -0.3 is 15.2 Å². The molecule has 0 spiro atoms. The lowest BCUT2D eigenvalue weighted by atomic mass is 10.1. The van der Waals surface area contributed by atoms with Gasteiger partial charge in [-0.25, -0.2) is 8.42 Å². The molecule has 0 amide bonds. The lowest BCUT2D eigenvalue weighted by Gasteiger charge is -2.15. The summed E-state index contributed by atoms with van der Waals surface area (Å²) in [6.07, 6.45) is 0.614. The Hall–Kier alpha value is -1.57. The summed E-state index contributed by atoms with van der Waals surface area (Å²) >= 11 is 0. The fourth-order valence-electron chi connectivity index (χ4n) is 2.15. The van der Waals surface area contributed by atoms with Crippen molar-refractivity contribution in [1.82, 2.24) is 15.8 Å². The van der Waals surface area contributed by atoms with Crippen LogP contribution >= 0.6 is 0 Å². The molecular formula is C13H22N4O3S. The summed E-state index contributed by atoms with van der Waals surface area (Å²) < 4.78 is 28.1. The van der Waals surface area contributed by atoms with Crippen molar-refractivity contribution < 1.29 is 12.9 Å². The van der Waals surface area contributed by atoms with Crippen LogP contribution < -0.4 is 10.6 Å². The van der Waals surface area contributed by atoms with E-state index in [1.54, 1.807) is 7.05 Å². The van der Waals surface area contributed by atoms with Crippen molar-refractivity contribution in [2.45, 2.75) is 38.8 Å². The van der Waals surface area contributed by atoms with Crippen LogP contribution in [0.15, 0.2) is 15.6 Å². The highest BCUT2D eigenvalue weighted by molar-refractivity contribution is 7.91. The number of rotatable bonds is 4. The van der Waals surface area contributed by atoms with E-state index in [0.29, 0.717) is 24.8 Å². The maximum atomic E-state index is 11.4. The first-order valence-electron chi connectivity index (χ1n) is 7.02. The summed E-state index contributed by atoms with van der Waals surface area (Å²) in [6.45, 7) is 4.56. The second-order valence-corrected chi connectivity index (χ2v) is 7.77. The summed E-state index contributed by atoms with van der Waals surface area (Å²) in [5, 5.41) is 10.2. The minimum Gasteiger partial charge on any atom is -0.359 e. The Balaban J connectivity index is 1.85. The Morgan fingerprint density at radius 3 is 2.86 bits per heavy atom. The van der Waals surface area contributed by atoms with E-state index in [-0.39, 0.29) is 17.5 Å². The van der Waals surface area contributed by atoms with Crippen LogP contribution in [0.5, 0.6) is 0 Å². The van der Waals surface area contributed by atoms with E-state index in [1.807, 2.05) is 6.07 Å². The Bertz CT molecular complexity index is 607. The van der Waals surface area contributed by atoms with Crippen molar-refractivity contribution in [3.05, 3.63) is 17.5 Å². The normalized spacial score (nSPS) is 21.7. The molecule has 1 aromatic rings. The maximum absolute atomic E-state index is 11.4. The van der Waals surface area contributed by atoms with Crippen molar-refractivity contribution in [2.75, 3.05) is 18.6 Å². The van der Waals surface area contributed by atoms with Gasteiger partial charge in [-0.2, -0.15) is 0 Å². The molecule has 0 aliphatic carbocycles. The van der Waals surface area contributed by atoms with Gasteiger partial charge in [-0.1, -0.05) is 19.0 Å². The third-order valence-corrected chi connectivity index (χ3v) is 5.16. The molecule has 1 saturated heterocycles. The molecule has 1 aromatic heterocycles. The average Bonchev–Trinajstić information content (AvgIpc) is 3.01. The number of hydrogen-bond acceptors (Lipinski definition) is 5. The molecule has 1 atom stereocenters. The summed E-state index contributed by atoms with van der Waals surface area (Å²) in [5.41, 5.74) is 0.914. The molecule has 2 heterocycles. The molecule has 0 saturated carbocycles. The van der Waals surface area contributed by atoms with Crippen LogP contribution in [0.4, 0.5) is 0 Å². The van der Waals surface area contributed by atoms with Crippen LogP contribution in [-0.2, 0) is 16.4 Å². The van der Waals surface area contributed by atoms with Gasteiger partial charge in [0.25, 0.3) is 0 Å². The molecule has 1 aliphatic heterocycles. The molecule has 1 unspecified atom stereocenters. The van der Waals surface area contributed by atoms with Crippen molar-refractivity contribution in [1.29, 1.82) is 0 Å². The largest absolute Gasteiger partial charge is 0.359 e. The van der Waals surface area contributed by atoms with Gasteiger partial charge in [0.05, 0.1) is 23.7 Å². The molecule has 7 nitrogen and oxygen atoms in total. The number of guanidine groups is 1. The highest BCUT2D eigenvalue weighted by atomic mass is 32.2. The predicted molar refractivity (Wildman–Crippen MR) is 81.0 cm³/mol. The molecule has 1 fully saturated rings. The monoisotopic (exact) mass is 314 g/mol. The fourth-order valence-corrected chi connectivity index (χ4v) is 3.83. The second kappa shape index (κ2) is 6.46. The van der Waals surface area contributed by atoms with Crippen LogP contribution in [0.1, 0.15) is 37.6 Å². The number of aliphatic imine (C=N–C) groups is 1. The maximum Gasteiger partial charge on any atom is 0.191 e. The van der Waals surface area contributed by atoms with E-state index in [2.05, 4.69) is 34.6 Å². The van der Waals surface area contributed by atoms with Crippen LogP contribution in [0.2, 0.25) is 0 Å². The van der Waals surface area contributed by atoms with Gasteiger partial charge in [-0.05, 0) is 12.3 Å². The average molecular weight is 314 g/mol. The van der Waals surface area contributed by atoms with Crippen molar-refractivity contribution in [3.8, 4) is 0 Å². The molecule has 0 aromatic carbocycles. The predicted octanol–water partition coefficient (Wildman–Crippen LogP) is 0.650. The molecule has 2 rings (SSSR count). The van der Waals surface area contributed by atoms with Crippen LogP contribution in [0.3, 0.4) is 0 Å². The zero-order valence-corrected chi connectivity index (χ0v) is 13.4. The summed E-state index contributed by atoms with van der Waals surface area (Å²) in [7, 11) is -1.24. The van der Waals surface area contributed by atoms with E-state index >= 15 is 0 Å². The first kappa shape index (κ1) is 15.8. The zero-order chi connectivity index (χ0) is 15.5. The van der Waals surface area contributed by atoms with Crippen molar-refractivity contribution in [3.63, 3.8) is 0 Å². The quantitative estimate of drug-likeness (QED) is 0.626. The lowest BCUT2D eigenvalue weighted by Crippen LogP contribution is -2.43. The molecule has 21 heavy (non-hydrogen) atoms. The first-order chi connectivity index (χ1) is 9.89. The Kier molecular flexibility index (Phi) is 4.87. The smallest absolute Gasteiger partial charge is 0.191 e. The van der Waals surface area contributed by atoms with Crippen LogP contribution in [0, 0.1) is 0 Å². The SMILES string of the molecule is CN=C(NCc1cc(C(C)C)no1)NC1CCS(=O)(=O)C1. The molecule has 1 aliphatic rings. The summed E-state index contributed by atoms with van der Waals surface area (Å²) in [6, 6.07) is 1.83. The van der Waals surface area contributed by atoms with Gasteiger partial charge in [0.1, 0.15) is 0 Å². The number of nitrogens with one attached hydrogen (secondary N) is 2. The lowest BCUT2D eigenvalue weighted by molar-refractivity contribution is 0.371. The van der Waals surface area contributed by atoms with Crippen molar-refractivity contribution in [2.24, 2.45) is 4.99 Å². The van der Waals surface area contributed by atoms with Gasteiger partial charge in [-0.15, -0.1) is 0 Å². The second-order valence-electron chi connectivity index (χ2n) is 5.54. The number of aromatic nitrogens is 1. The topological polar surface area (TPSA) is 96.6 Å². The number of hydrogen-bond donors (Lipinski definition) is 2. The van der Waals surface area contributed by atoms with Gasteiger partial charge in [0.15, 0.2) is 21.6 Å². The minimum atomic E-state index is -2.90. The Morgan fingerprint density at radius 1 is 1.57 bits per heavy atom. The Labute approximate surface area is 125 Å². The van der Waals surface area contributed by atoms with Crippen molar-refractivity contribution >= 4 is 15.8 Å². The highest BCUT2D eigenvalue weighted by Crippen LogP contribution is 2.14. The molecular weight excluding hydrogens is 292 g/mol. The van der Waals surface area contributed by atoms with Crippen LogP contribution in [0.25, 0.3) is 0 Å². The third kappa shape index (κ3) is 4.45. The van der Waals surface area contributed by atoms with Gasteiger partial charge >= 0.3 is 0 Å². The standard InChI is InChI=1S/C13H22N4O3S/c1-9(2)12-6-11(20-17-12)7-15-13(14-3)16-10-4-5-21(18,19)8-10/h6,9-10H,4-5,7-8H2,1-3H3,(H2,14,15,16). The van der Waals surface area contributed by atoms with E-state index in [9.17, 15) is 8.42 Å². The highest BCUT2D eigenvalue weighted by Gasteiger charge is 2.28. The molecule has 0 bridgehead atoms. The molecule has 2 N–H and O–H groups in total. The zero-order valence-electron chi connectivity index (χ0n) is 12.6. The van der Waals surface area contributed by atoms with Crippen LogP contribution in [-0.4, -0.2) is 44.1 Å².